The molecule has 0 saturated heterocycles. The van der Waals surface area contributed by atoms with Crippen LogP contribution in [0.5, 0.6) is 0 Å². The molecule has 3 aromatic carbocycles. The number of H-pyrrole nitrogens is 1. The highest BCUT2D eigenvalue weighted by atomic mass is 32.1. The summed E-state index contributed by atoms with van der Waals surface area (Å²) in [6.45, 7) is 8.47. The van der Waals surface area contributed by atoms with Gasteiger partial charge in [0.15, 0.2) is 5.69 Å². The second-order valence-electron chi connectivity index (χ2n) is 9.83. The molecule has 5 aromatic rings. The zero-order valence-corrected chi connectivity index (χ0v) is 21.6. The maximum absolute atomic E-state index is 12.8. The van der Waals surface area contributed by atoms with E-state index in [1.54, 1.807) is 17.4 Å². The van der Waals surface area contributed by atoms with E-state index in [1.807, 2.05) is 49.4 Å². The molecular weight excluding hydrogens is 464 g/mol. The number of amides is 1. The van der Waals surface area contributed by atoms with Crippen molar-refractivity contribution in [3.8, 4) is 32.3 Å². The van der Waals surface area contributed by atoms with Gasteiger partial charge in [-0.3, -0.25) is 9.89 Å². The molecule has 0 unspecified atom stereocenters. The van der Waals surface area contributed by atoms with Gasteiger partial charge in [-0.15, -0.1) is 11.3 Å². The number of aromatic amines is 1. The van der Waals surface area contributed by atoms with E-state index in [4.69, 9.17) is 4.98 Å². The van der Waals surface area contributed by atoms with Gasteiger partial charge in [0.05, 0.1) is 16.3 Å². The number of anilines is 1. The molecule has 2 heterocycles. The fourth-order valence-corrected chi connectivity index (χ4v) is 5.05. The third-order valence-corrected chi connectivity index (χ3v) is 7.34. The Morgan fingerprint density at radius 1 is 0.861 bits per heavy atom. The fourth-order valence-electron chi connectivity index (χ4n) is 4.01. The molecule has 0 aliphatic heterocycles. The van der Waals surface area contributed by atoms with Crippen molar-refractivity contribution in [1.29, 1.82) is 0 Å². The summed E-state index contributed by atoms with van der Waals surface area (Å²) >= 11 is 1.59. The molecule has 0 radical (unpaired) electrons. The van der Waals surface area contributed by atoms with Crippen LogP contribution in [0.3, 0.4) is 0 Å². The van der Waals surface area contributed by atoms with E-state index < -0.39 is 0 Å². The van der Waals surface area contributed by atoms with Crippen molar-refractivity contribution in [2.24, 2.45) is 0 Å². The summed E-state index contributed by atoms with van der Waals surface area (Å²) in [7, 11) is 0. The highest BCUT2D eigenvalue weighted by molar-refractivity contribution is 7.18. The number of nitrogens with one attached hydrogen (secondary N) is 2. The number of aryl methyl sites for hydroxylation is 1. The van der Waals surface area contributed by atoms with Gasteiger partial charge in [-0.25, -0.2) is 4.98 Å². The molecule has 0 fully saturated rings. The van der Waals surface area contributed by atoms with Crippen LogP contribution in [0.2, 0.25) is 0 Å². The maximum Gasteiger partial charge on any atom is 0.276 e. The van der Waals surface area contributed by atoms with Crippen molar-refractivity contribution in [2.45, 2.75) is 33.1 Å². The van der Waals surface area contributed by atoms with Crippen molar-refractivity contribution in [3.63, 3.8) is 0 Å². The molecule has 6 heteroatoms. The lowest BCUT2D eigenvalue weighted by Crippen LogP contribution is -2.14. The summed E-state index contributed by atoms with van der Waals surface area (Å²) in [5.41, 5.74) is 7.47. The predicted octanol–water partition coefficient (Wildman–Crippen LogP) is 7.73. The van der Waals surface area contributed by atoms with Crippen LogP contribution in [-0.4, -0.2) is 21.1 Å². The highest BCUT2D eigenvalue weighted by Crippen LogP contribution is 2.35. The number of nitrogens with zero attached hydrogens (tertiary/aromatic N) is 2. The predicted molar refractivity (Wildman–Crippen MR) is 148 cm³/mol. The van der Waals surface area contributed by atoms with E-state index in [-0.39, 0.29) is 11.3 Å². The molecule has 0 aliphatic rings. The smallest absolute Gasteiger partial charge is 0.276 e. The lowest BCUT2D eigenvalue weighted by molar-refractivity contribution is 0.102. The van der Waals surface area contributed by atoms with Gasteiger partial charge in [0.2, 0.25) is 0 Å². The van der Waals surface area contributed by atoms with Crippen LogP contribution in [0.15, 0.2) is 84.9 Å². The van der Waals surface area contributed by atoms with Gasteiger partial charge >= 0.3 is 0 Å². The van der Waals surface area contributed by atoms with Gasteiger partial charge in [-0.1, -0.05) is 87.5 Å². The molecule has 1 amide bonds. The first-order valence-electron chi connectivity index (χ1n) is 11.9. The minimum Gasteiger partial charge on any atom is -0.321 e. The number of hydrogen-bond donors (Lipinski definition) is 2. The van der Waals surface area contributed by atoms with Gasteiger partial charge in [0.25, 0.3) is 5.91 Å². The normalized spacial score (nSPS) is 11.4. The number of carbonyl (C=O) groups excluding carboxylic acids is 1. The summed E-state index contributed by atoms with van der Waals surface area (Å²) < 4.78 is 0. The van der Waals surface area contributed by atoms with E-state index in [0.29, 0.717) is 5.69 Å². The average Bonchev–Trinajstić information content (AvgIpc) is 3.51. The van der Waals surface area contributed by atoms with E-state index in [9.17, 15) is 4.79 Å². The number of thiazole rings is 1. The Kier molecular flexibility index (Phi) is 6.29. The van der Waals surface area contributed by atoms with Crippen LogP contribution in [0.25, 0.3) is 32.3 Å². The van der Waals surface area contributed by atoms with Gasteiger partial charge in [0.1, 0.15) is 5.01 Å². The first-order valence-corrected chi connectivity index (χ1v) is 12.7. The molecule has 5 rings (SSSR count). The Morgan fingerprint density at radius 2 is 1.50 bits per heavy atom. The quantitative estimate of drug-likeness (QED) is 0.264. The van der Waals surface area contributed by atoms with Crippen molar-refractivity contribution < 1.29 is 4.79 Å². The van der Waals surface area contributed by atoms with Gasteiger partial charge < -0.3 is 5.32 Å². The summed E-state index contributed by atoms with van der Waals surface area (Å²) in [6, 6.07) is 28.5. The van der Waals surface area contributed by atoms with E-state index in [1.165, 1.54) is 16.7 Å². The Bertz CT molecular complexity index is 1490. The van der Waals surface area contributed by atoms with E-state index >= 15 is 0 Å². The zero-order chi connectivity index (χ0) is 25.3. The zero-order valence-electron chi connectivity index (χ0n) is 20.8. The molecule has 2 aromatic heterocycles. The van der Waals surface area contributed by atoms with E-state index in [2.05, 4.69) is 72.7 Å². The Labute approximate surface area is 215 Å². The summed E-state index contributed by atoms with van der Waals surface area (Å²) in [5, 5.41) is 11.1. The molecule has 0 spiro atoms. The van der Waals surface area contributed by atoms with Crippen LogP contribution in [0.1, 0.15) is 42.5 Å². The standard InChI is InChI=1S/C30H28N4OS/c1-19-27(36-29(31-19)22-12-10-21(11-13-22)20-8-6-5-7-9-20)25-18-26(34-33-25)28(35)32-24-16-14-23(15-17-24)30(2,3)4/h5-18H,1-4H3,(H,32,35)(H,33,34). The summed E-state index contributed by atoms with van der Waals surface area (Å²) in [5.74, 6) is -0.250. The van der Waals surface area contributed by atoms with Crippen LogP contribution in [-0.2, 0) is 5.41 Å². The molecule has 0 aliphatic carbocycles. The van der Waals surface area contributed by atoms with Gasteiger partial charge in [-0.2, -0.15) is 5.10 Å². The number of benzene rings is 3. The molecule has 0 bridgehead atoms. The SMILES string of the molecule is Cc1nc(-c2ccc(-c3ccccc3)cc2)sc1-c1cc(C(=O)Nc2ccc(C(C)(C)C)cc2)n[nH]1. The monoisotopic (exact) mass is 492 g/mol. The number of hydrogen-bond acceptors (Lipinski definition) is 4. The first-order chi connectivity index (χ1) is 17.3. The number of rotatable bonds is 5. The van der Waals surface area contributed by atoms with Crippen molar-refractivity contribution in [2.75, 3.05) is 5.32 Å². The lowest BCUT2D eigenvalue weighted by atomic mass is 9.87. The average molecular weight is 493 g/mol. The van der Waals surface area contributed by atoms with Crippen LogP contribution in [0.4, 0.5) is 5.69 Å². The van der Waals surface area contributed by atoms with Crippen molar-refractivity contribution >= 4 is 22.9 Å². The molecule has 2 N–H and O–H groups in total. The Balaban J connectivity index is 1.32. The lowest BCUT2D eigenvalue weighted by Gasteiger charge is -2.19. The molecule has 180 valence electrons. The Morgan fingerprint density at radius 3 is 2.17 bits per heavy atom. The fraction of sp³-hybridized carbons (Fsp3) is 0.167. The number of aromatic nitrogens is 3. The van der Waals surface area contributed by atoms with Crippen LogP contribution < -0.4 is 5.32 Å². The highest BCUT2D eigenvalue weighted by Gasteiger charge is 2.18. The minimum absolute atomic E-state index is 0.0645. The maximum atomic E-state index is 12.8. The van der Waals surface area contributed by atoms with Crippen LogP contribution >= 0.6 is 11.3 Å². The molecule has 5 nitrogen and oxygen atoms in total. The van der Waals surface area contributed by atoms with Crippen molar-refractivity contribution in [3.05, 3.63) is 102 Å². The number of carbonyl (C=O) groups is 1. The molecule has 0 atom stereocenters. The van der Waals surface area contributed by atoms with Crippen LogP contribution in [0, 0.1) is 6.92 Å². The molecular formula is C30H28N4OS. The largest absolute Gasteiger partial charge is 0.321 e. The summed E-state index contributed by atoms with van der Waals surface area (Å²) in [4.78, 5) is 18.5. The Hall–Kier alpha value is -4.03. The minimum atomic E-state index is -0.250. The second-order valence-corrected chi connectivity index (χ2v) is 10.8. The van der Waals surface area contributed by atoms with Gasteiger partial charge in [0, 0.05) is 11.3 Å². The molecule has 36 heavy (non-hydrogen) atoms. The van der Waals surface area contributed by atoms with Crippen molar-refractivity contribution in [1.82, 2.24) is 15.2 Å². The van der Waals surface area contributed by atoms with Gasteiger partial charge in [-0.05, 0) is 47.2 Å². The first kappa shape index (κ1) is 23.7. The third kappa shape index (κ3) is 4.99. The topological polar surface area (TPSA) is 70.7 Å². The van der Waals surface area contributed by atoms with E-state index in [0.717, 1.165) is 32.5 Å². The second kappa shape index (κ2) is 9.55. The summed E-state index contributed by atoms with van der Waals surface area (Å²) in [6.07, 6.45) is 0. The molecule has 0 saturated carbocycles. The third-order valence-electron chi connectivity index (χ3n) is 6.10.